The van der Waals surface area contributed by atoms with E-state index in [4.69, 9.17) is 4.84 Å². The van der Waals surface area contributed by atoms with E-state index in [-0.39, 0.29) is 29.3 Å². The molecule has 14 heteroatoms. The third-order valence-electron chi connectivity index (χ3n) is 7.95. The predicted octanol–water partition coefficient (Wildman–Crippen LogP) is 4.70. The smallest absolute Gasteiger partial charge is 0.287 e. The summed E-state index contributed by atoms with van der Waals surface area (Å²) in [6.45, 7) is 4.83. The highest BCUT2D eigenvalue weighted by Gasteiger charge is 2.15. The number of hydrogen-bond donors (Lipinski definition) is 5. The molecule has 0 aliphatic rings. The lowest BCUT2D eigenvalue weighted by Gasteiger charge is -2.15. The Morgan fingerprint density at radius 2 is 1.12 bits per heavy atom. The Labute approximate surface area is 290 Å². The molecule has 0 saturated carbocycles. The van der Waals surface area contributed by atoms with Crippen molar-refractivity contribution < 1.29 is 20.3 Å². The summed E-state index contributed by atoms with van der Waals surface area (Å²) in [5, 5.41) is 36.2. The van der Waals surface area contributed by atoms with Gasteiger partial charge in [-0.05, 0) is 54.8 Å². The number of anilines is 2. The minimum atomic E-state index is -0.571. The number of phenols is 2. The van der Waals surface area contributed by atoms with Crippen molar-refractivity contribution in [3.63, 3.8) is 0 Å². The van der Waals surface area contributed by atoms with E-state index in [1.54, 1.807) is 43.3 Å². The van der Waals surface area contributed by atoms with Crippen molar-refractivity contribution in [3.8, 4) is 11.5 Å². The summed E-state index contributed by atoms with van der Waals surface area (Å²) in [6, 6.07) is 26.0. The zero-order valence-electron chi connectivity index (χ0n) is 27.7. The molecule has 0 fully saturated rings. The highest BCUT2D eigenvalue weighted by Crippen LogP contribution is 2.24. The van der Waals surface area contributed by atoms with Gasteiger partial charge in [0.15, 0.2) is 11.3 Å². The SMILES string of the molecule is Cc1ncnc2c1c(NCc1ccc(O)cc1)cc(=O)n2O.Cc1ncnc2c1c(NCc1ccc(O)cc1)cc(=O)n2OCc1ccccc1. The molecule has 7 aromatic rings. The lowest BCUT2D eigenvalue weighted by atomic mass is 10.2. The normalized spacial score (nSPS) is 10.8. The van der Waals surface area contributed by atoms with E-state index in [1.165, 1.54) is 29.5 Å². The van der Waals surface area contributed by atoms with Crippen LogP contribution >= 0.6 is 0 Å². The molecule has 0 aliphatic heterocycles. The number of aromatic nitrogens is 6. The van der Waals surface area contributed by atoms with E-state index in [9.17, 15) is 25.0 Å². The number of phenolic OH excluding ortho intramolecular Hbond substituents is 2. The van der Waals surface area contributed by atoms with E-state index in [0.717, 1.165) is 27.8 Å². The molecule has 4 heterocycles. The molecule has 0 saturated heterocycles. The lowest BCUT2D eigenvalue weighted by Crippen LogP contribution is -2.28. The topological polar surface area (TPSA) is 190 Å². The van der Waals surface area contributed by atoms with Crippen LogP contribution in [-0.2, 0) is 19.7 Å². The summed E-state index contributed by atoms with van der Waals surface area (Å²) in [5.74, 6) is 0.405. The number of benzene rings is 3. The van der Waals surface area contributed by atoms with Gasteiger partial charge in [-0.15, -0.1) is 9.46 Å². The first-order valence-electron chi connectivity index (χ1n) is 15.8. The molecule has 4 aromatic heterocycles. The maximum Gasteiger partial charge on any atom is 0.287 e. The van der Waals surface area contributed by atoms with Gasteiger partial charge >= 0.3 is 0 Å². The van der Waals surface area contributed by atoms with Crippen LogP contribution in [0.5, 0.6) is 11.5 Å². The van der Waals surface area contributed by atoms with Crippen molar-refractivity contribution in [3.05, 3.63) is 152 Å². The van der Waals surface area contributed by atoms with E-state index in [1.807, 2.05) is 49.4 Å². The number of fused-ring (bicyclic) bond motifs is 2. The molecule has 5 N–H and O–H groups in total. The number of rotatable bonds is 9. The summed E-state index contributed by atoms with van der Waals surface area (Å²) in [6.07, 6.45) is 2.72. The highest BCUT2D eigenvalue weighted by molar-refractivity contribution is 5.91. The average molecular weight is 687 g/mol. The van der Waals surface area contributed by atoms with Crippen molar-refractivity contribution in [2.45, 2.75) is 33.5 Å². The van der Waals surface area contributed by atoms with Crippen molar-refractivity contribution in [1.29, 1.82) is 0 Å². The largest absolute Gasteiger partial charge is 0.508 e. The summed E-state index contributed by atoms with van der Waals surface area (Å²) in [7, 11) is 0. The zero-order valence-corrected chi connectivity index (χ0v) is 27.7. The molecule has 0 atom stereocenters. The molecular formula is C37H34N8O6. The van der Waals surface area contributed by atoms with Crippen molar-refractivity contribution in [2.24, 2.45) is 0 Å². The predicted molar refractivity (Wildman–Crippen MR) is 192 cm³/mol. The van der Waals surface area contributed by atoms with E-state index in [2.05, 4.69) is 30.6 Å². The van der Waals surface area contributed by atoms with Crippen LogP contribution in [0.3, 0.4) is 0 Å². The Morgan fingerprint density at radius 1 is 0.627 bits per heavy atom. The van der Waals surface area contributed by atoms with Crippen molar-refractivity contribution in [2.75, 3.05) is 10.6 Å². The van der Waals surface area contributed by atoms with E-state index >= 15 is 0 Å². The number of nitrogens with one attached hydrogen (secondary N) is 2. The fourth-order valence-corrected chi connectivity index (χ4v) is 5.33. The minimum Gasteiger partial charge on any atom is -0.508 e. The minimum absolute atomic E-state index is 0.160. The highest BCUT2D eigenvalue weighted by atomic mass is 16.7. The first-order chi connectivity index (χ1) is 24.7. The molecule has 14 nitrogen and oxygen atoms in total. The van der Waals surface area contributed by atoms with Crippen LogP contribution in [0.25, 0.3) is 22.1 Å². The van der Waals surface area contributed by atoms with Crippen molar-refractivity contribution >= 4 is 33.4 Å². The summed E-state index contributed by atoms with van der Waals surface area (Å²) < 4.78 is 1.72. The molecule has 258 valence electrons. The molecule has 0 bridgehead atoms. The van der Waals surface area contributed by atoms with Crippen LogP contribution in [-0.4, -0.2) is 44.8 Å². The average Bonchev–Trinajstić information content (AvgIpc) is 3.13. The third kappa shape index (κ3) is 7.86. The Hall–Kier alpha value is -6.96. The van der Waals surface area contributed by atoms with Crippen LogP contribution in [0, 0.1) is 13.8 Å². The zero-order chi connectivity index (χ0) is 35.9. The van der Waals surface area contributed by atoms with Gasteiger partial charge in [-0.1, -0.05) is 54.6 Å². The molecule has 0 aliphatic carbocycles. The summed E-state index contributed by atoms with van der Waals surface area (Å²) in [4.78, 5) is 46.9. The monoisotopic (exact) mass is 686 g/mol. The first-order valence-corrected chi connectivity index (χ1v) is 15.8. The standard InChI is InChI=1S/C22H20N4O3.C15H14N4O3/c1-15-21-19(23-12-16-7-9-18(27)10-8-16)11-20(28)26(22(21)25-14-24-15)29-13-17-5-3-2-4-6-17;1-9-14-12(16-7-10-2-4-11(20)5-3-10)6-13(21)19(22)15(14)18-8-17-9/h2-11,14,23,27H,12-13H2,1H3;2-6,8,16,20,22H,7H2,1H3. The second-order valence-electron chi connectivity index (χ2n) is 11.5. The van der Waals surface area contributed by atoms with Gasteiger partial charge in [0, 0.05) is 25.2 Å². The van der Waals surface area contributed by atoms with Gasteiger partial charge < -0.3 is 30.9 Å². The number of nitrogens with zero attached hydrogens (tertiary/aromatic N) is 6. The second kappa shape index (κ2) is 15.1. The molecule has 0 unspecified atom stereocenters. The number of hydrogen-bond acceptors (Lipinski definition) is 12. The number of pyridine rings is 2. The molecular weight excluding hydrogens is 652 g/mol. The Kier molecular flexibility index (Phi) is 10.0. The van der Waals surface area contributed by atoms with Gasteiger partial charge in [0.1, 0.15) is 30.8 Å². The second-order valence-corrected chi connectivity index (χ2v) is 11.5. The van der Waals surface area contributed by atoms with Crippen LogP contribution in [0.15, 0.2) is 113 Å². The number of aryl methyl sites for hydroxylation is 2. The van der Waals surface area contributed by atoms with E-state index in [0.29, 0.717) is 45.9 Å². The summed E-state index contributed by atoms with van der Waals surface area (Å²) in [5.41, 5.74) is 5.12. The van der Waals surface area contributed by atoms with Crippen LogP contribution in [0.1, 0.15) is 28.1 Å². The maximum absolute atomic E-state index is 12.7. The first kappa shape index (κ1) is 33.9. The van der Waals surface area contributed by atoms with Crippen LogP contribution in [0.4, 0.5) is 11.4 Å². The third-order valence-corrected chi connectivity index (χ3v) is 7.95. The Balaban J connectivity index is 0.000000183. The van der Waals surface area contributed by atoms with Gasteiger partial charge in [0.25, 0.3) is 11.1 Å². The van der Waals surface area contributed by atoms with Crippen molar-refractivity contribution in [1.82, 2.24) is 29.4 Å². The van der Waals surface area contributed by atoms with Gasteiger partial charge in [-0.3, -0.25) is 9.59 Å². The van der Waals surface area contributed by atoms with Gasteiger partial charge in [-0.2, -0.15) is 0 Å². The Bertz CT molecular complexity index is 2420. The van der Waals surface area contributed by atoms with Gasteiger partial charge in [-0.25, -0.2) is 19.9 Å². The van der Waals surface area contributed by atoms with Gasteiger partial charge in [0.05, 0.1) is 33.5 Å². The maximum atomic E-state index is 12.7. The van der Waals surface area contributed by atoms with E-state index < -0.39 is 5.56 Å². The molecule has 0 radical (unpaired) electrons. The molecule has 7 rings (SSSR count). The quantitative estimate of drug-likeness (QED) is 0.132. The molecule has 0 spiro atoms. The fourth-order valence-electron chi connectivity index (χ4n) is 5.33. The van der Waals surface area contributed by atoms with Crippen LogP contribution < -0.4 is 26.6 Å². The van der Waals surface area contributed by atoms with Crippen LogP contribution in [0.2, 0.25) is 0 Å². The lowest BCUT2D eigenvalue weighted by molar-refractivity contribution is 0.0979. The molecule has 3 aromatic carbocycles. The fraction of sp³-hybridized carbons (Fsp3) is 0.135. The summed E-state index contributed by atoms with van der Waals surface area (Å²) >= 11 is 0. The molecule has 51 heavy (non-hydrogen) atoms. The van der Waals surface area contributed by atoms with Gasteiger partial charge in [0.2, 0.25) is 0 Å². The molecule has 0 amide bonds. The Morgan fingerprint density at radius 3 is 1.67 bits per heavy atom. The number of aromatic hydroxyl groups is 2.